The Bertz CT molecular complexity index is 7740. The number of aromatic nitrogens is 2. The minimum Gasteiger partial charge on any atom is -0.311 e. The van der Waals surface area contributed by atoms with Gasteiger partial charge in [-0.05, 0) is 215 Å². The minimum atomic E-state index is -0.289. The van der Waals surface area contributed by atoms with Crippen molar-refractivity contribution in [2.24, 2.45) is 0 Å². The third-order valence-corrected chi connectivity index (χ3v) is 28.3. The van der Waals surface area contributed by atoms with Crippen molar-refractivity contribution in [3.63, 3.8) is 0 Å². The van der Waals surface area contributed by atoms with Gasteiger partial charge >= 0.3 is 0 Å². The first-order valence-electron chi connectivity index (χ1n) is 42.5. The molecule has 7 heteroatoms. The van der Waals surface area contributed by atoms with Crippen molar-refractivity contribution in [2.75, 3.05) is 9.80 Å². The van der Waals surface area contributed by atoms with Crippen LogP contribution in [0.4, 0.5) is 34.1 Å². The zero-order valence-electron chi connectivity index (χ0n) is 69.3. The van der Waals surface area contributed by atoms with Gasteiger partial charge in [-0.3, -0.25) is 0 Å². The molecule has 0 unspecified atom stereocenters. The van der Waals surface area contributed by atoms with E-state index in [-0.39, 0.29) is 23.0 Å². The summed E-state index contributed by atoms with van der Waals surface area (Å²) in [4.78, 5) is 5.36. The molecule has 0 amide bonds. The van der Waals surface area contributed by atoms with Crippen LogP contribution in [-0.2, 0) is 16.2 Å². The van der Waals surface area contributed by atoms with E-state index in [1.165, 1.54) is 156 Å². The molecule has 6 heterocycles. The zero-order valence-corrected chi connectivity index (χ0v) is 71.0. The van der Waals surface area contributed by atoms with Gasteiger partial charge in [-0.2, -0.15) is 0 Å². The van der Waals surface area contributed by atoms with Gasteiger partial charge in [0.05, 0.1) is 33.4 Å². The zero-order chi connectivity index (χ0) is 81.5. The molecule has 4 nitrogen and oxygen atoms in total. The number of hydrogen-bond acceptors (Lipinski definition) is 4. The molecule has 578 valence electrons. The number of benzene rings is 17. The van der Waals surface area contributed by atoms with E-state index in [1.807, 2.05) is 22.7 Å². The summed E-state index contributed by atoms with van der Waals surface area (Å²) in [7, 11) is 0. The smallest absolute Gasteiger partial charge is 0.252 e. The number of rotatable bonds is 10. The van der Waals surface area contributed by atoms with Crippen LogP contribution in [0, 0.1) is 0 Å². The van der Waals surface area contributed by atoms with Crippen LogP contribution in [0.1, 0.15) is 79.0 Å². The van der Waals surface area contributed by atoms with Crippen LogP contribution >= 0.6 is 22.7 Å². The molecule has 0 N–H and O–H groups in total. The van der Waals surface area contributed by atoms with E-state index >= 15 is 0 Å². The number of thiophene rings is 2. The summed E-state index contributed by atoms with van der Waals surface area (Å²) in [6, 6.07) is 140. The van der Waals surface area contributed by atoms with Gasteiger partial charge in [0.15, 0.2) is 0 Å². The van der Waals surface area contributed by atoms with Crippen molar-refractivity contribution < 1.29 is 0 Å². The third-order valence-electron chi connectivity index (χ3n) is 26.0. The normalized spacial score (nSPS) is 13.0. The Labute approximate surface area is 714 Å². The Balaban J connectivity index is 0.873. The summed E-state index contributed by atoms with van der Waals surface area (Å²) in [5, 5.41) is 10.00. The van der Waals surface area contributed by atoms with Crippen molar-refractivity contribution in [3.8, 4) is 78.1 Å². The summed E-state index contributed by atoms with van der Waals surface area (Å²) >= 11 is 3.79. The lowest BCUT2D eigenvalue weighted by atomic mass is 9.33. The summed E-state index contributed by atoms with van der Waals surface area (Å²) in [6.45, 7) is 20.9. The van der Waals surface area contributed by atoms with Crippen LogP contribution in [0.25, 0.3) is 162 Å². The lowest BCUT2D eigenvalue weighted by Gasteiger charge is -2.45. The molecule has 0 saturated carbocycles. The van der Waals surface area contributed by atoms with Crippen molar-refractivity contribution in [2.45, 2.75) is 78.6 Å². The SMILES string of the molecule is CC(C)(C)c1cc(-c2ccccc2)cc(N2c3ccc(-c4c(-c5ccc6sc7ccccc7c6c5)cccc4-n4c5ccccc5c5ccccc54)cc3B3c4ccc(C(C)(C)C)cc4N(c4ccc(-c5ccccc5)cc4)c4cc(-c5c(-c6cccc7c6sc6ccc(C(C)(C)C)cc67)cccc5-n5c6ccccc6c6ccccc65)cc2c43)c1. The molecule has 0 radical (unpaired) electrons. The fourth-order valence-electron chi connectivity index (χ4n) is 20.0. The molecule has 17 aromatic carbocycles. The highest BCUT2D eigenvalue weighted by Crippen LogP contribution is 2.54. The molecule has 4 aromatic heterocycles. The lowest BCUT2D eigenvalue weighted by Crippen LogP contribution is -2.61. The van der Waals surface area contributed by atoms with E-state index in [4.69, 9.17) is 0 Å². The average Bonchev–Trinajstić information content (AvgIpc) is 1.68. The number of fused-ring (bicyclic) bond motifs is 16. The summed E-state index contributed by atoms with van der Waals surface area (Å²) in [6.07, 6.45) is 0. The summed E-state index contributed by atoms with van der Waals surface area (Å²) < 4.78 is 10.3. The minimum absolute atomic E-state index is 0.0320. The van der Waals surface area contributed by atoms with E-state index in [0.29, 0.717) is 0 Å². The Hall–Kier alpha value is -13.6. The number of anilines is 6. The van der Waals surface area contributed by atoms with Gasteiger partial charge in [-0.25, -0.2) is 0 Å². The van der Waals surface area contributed by atoms with E-state index in [0.717, 1.165) is 73.2 Å². The number of hydrogen-bond donors (Lipinski definition) is 0. The highest BCUT2D eigenvalue weighted by Gasteiger charge is 2.45. The lowest BCUT2D eigenvalue weighted by molar-refractivity contribution is 0.590. The molecule has 0 spiro atoms. The molecule has 0 aliphatic carbocycles. The van der Waals surface area contributed by atoms with Crippen molar-refractivity contribution in [3.05, 3.63) is 381 Å². The largest absolute Gasteiger partial charge is 0.311 e. The average molecular weight is 1590 g/mol. The summed E-state index contributed by atoms with van der Waals surface area (Å²) in [5.74, 6) is 0. The second-order valence-electron chi connectivity index (χ2n) is 36.3. The van der Waals surface area contributed by atoms with Gasteiger partial charge in [0.1, 0.15) is 0 Å². The van der Waals surface area contributed by atoms with Gasteiger partial charge < -0.3 is 18.9 Å². The Morgan fingerprint density at radius 2 is 0.694 bits per heavy atom. The molecular weight excluding hydrogens is 1500 g/mol. The fraction of sp³-hybridized carbons (Fsp3) is 0.105. The highest BCUT2D eigenvalue weighted by atomic mass is 32.1. The topological polar surface area (TPSA) is 16.3 Å². The van der Waals surface area contributed by atoms with Crippen LogP contribution in [0.5, 0.6) is 0 Å². The molecule has 2 aliphatic heterocycles. The maximum absolute atomic E-state index is 2.70. The van der Waals surface area contributed by atoms with Crippen LogP contribution in [0.15, 0.2) is 364 Å². The van der Waals surface area contributed by atoms with Gasteiger partial charge in [-0.15, -0.1) is 22.7 Å². The van der Waals surface area contributed by atoms with Gasteiger partial charge in [-0.1, -0.05) is 311 Å². The predicted molar refractivity (Wildman–Crippen MR) is 524 cm³/mol. The molecule has 0 saturated heterocycles. The molecule has 2 aliphatic rings. The van der Waals surface area contributed by atoms with Crippen LogP contribution < -0.4 is 26.2 Å². The predicted octanol–water partition coefficient (Wildman–Crippen LogP) is 30.6. The monoisotopic (exact) mass is 1590 g/mol. The van der Waals surface area contributed by atoms with E-state index in [2.05, 4.69) is 445 Å². The Morgan fingerprint density at radius 3 is 1.31 bits per heavy atom. The molecular formula is C114H87BN4S2. The van der Waals surface area contributed by atoms with Crippen molar-refractivity contribution >= 4 is 164 Å². The first-order valence-corrected chi connectivity index (χ1v) is 44.1. The van der Waals surface area contributed by atoms with Crippen molar-refractivity contribution in [1.82, 2.24) is 9.13 Å². The van der Waals surface area contributed by atoms with E-state index < -0.39 is 0 Å². The first kappa shape index (κ1) is 72.7. The standard InChI is InChI=1S/C114H87BN4S2/c1-112(2,3)77-54-60-107-92(68-77)90-41-26-40-89(111(90)121-107)88-39-28-47-101(119-97-44-23-18-35-85(97)86-36-19-24-45-98(86)119)109(88)76-65-103-110-104(66-76)117(81-62-75(71-31-14-11-15-32-71)61-79(67-81)114(7,8)9)99-58-51-74(64-94(99)115(110)93-57-53-78(113(4,5)6)69-102(93)116(103)80-55-49-72(50-56-80)70-29-12-10-13-30-70)108-82(73-52-59-106-91(63-73)87-37-20-25-48-105(87)120-106)38-27-46-100(108)118-95-42-21-16-33-83(95)84-34-17-22-43-96(84)118/h10-69H,1-9H3. The highest BCUT2D eigenvalue weighted by molar-refractivity contribution is 7.26. The molecule has 0 atom stereocenters. The molecule has 23 rings (SSSR count). The number of nitrogens with zero attached hydrogens (tertiary/aromatic N) is 4. The molecule has 121 heavy (non-hydrogen) atoms. The molecule has 0 fully saturated rings. The van der Waals surface area contributed by atoms with Gasteiger partial charge in [0.2, 0.25) is 0 Å². The Kier molecular flexibility index (Phi) is 16.5. The van der Waals surface area contributed by atoms with E-state index in [9.17, 15) is 0 Å². The second kappa shape index (κ2) is 27.5. The maximum atomic E-state index is 2.70. The van der Waals surface area contributed by atoms with Crippen molar-refractivity contribution in [1.29, 1.82) is 0 Å². The first-order chi connectivity index (χ1) is 58.9. The van der Waals surface area contributed by atoms with Crippen LogP contribution in [0.2, 0.25) is 0 Å². The maximum Gasteiger partial charge on any atom is 0.252 e. The molecule has 0 bridgehead atoms. The summed E-state index contributed by atoms with van der Waals surface area (Å²) in [5.41, 5.74) is 34.6. The van der Waals surface area contributed by atoms with Crippen LogP contribution in [-0.4, -0.2) is 15.8 Å². The Morgan fingerprint density at radius 1 is 0.231 bits per heavy atom. The fourth-order valence-corrected chi connectivity index (χ4v) is 22.3. The quantitative estimate of drug-likeness (QED) is 0.127. The van der Waals surface area contributed by atoms with E-state index in [1.54, 1.807) is 0 Å². The third kappa shape index (κ3) is 11.7. The number of para-hydroxylation sites is 4. The second-order valence-corrected chi connectivity index (χ2v) is 38.5. The van der Waals surface area contributed by atoms with Crippen LogP contribution in [0.3, 0.4) is 0 Å². The van der Waals surface area contributed by atoms with Gasteiger partial charge in [0, 0.05) is 113 Å². The molecule has 21 aromatic rings. The van der Waals surface area contributed by atoms with Gasteiger partial charge in [0.25, 0.3) is 6.71 Å².